The first kappa shape index (κ1) is 107. The Balaban J connectivity index is 0.000000158. The van der Waals surface area contributed by atoms with Gasteiger partial charge < -0.3 is 92.8 Å². The summed E-state index contributed by atoms with van der Waals surface area (Å²) in [4.78, 5) is 136. The summed E-state index contributed by atoms with van der Waals surface area (Å²) < 4.78 is 40.5. The number of alkyl carbamates (subject to hydrolysis) is 1. The Morgan fingerprint density at radius 1 is 0.418 bits per heavy atom. The Morgan fingerprint density at radius 3 is 1.01 bits per heavy atom. The lowest BCUT2D eigenvalue weighted by Crippen LogP contribution is -2.63. The highest BCUT2D eigenvalue weighted by Gasteiger charge is 2.62. The van der Waals surface area contributed by atoms with Gasteiger partial charge >= 0.3 is 12.2 Å². The molecule has 16 aliphatic rings. The molecule has 0 aromatic carbocycles. The van der Waals surface area contributed by atoms with Crippen LogP contribution in [-0.4, -0.2) is 208 Å². The van der Waals surface area contributed by atoms with Crippen LogP contribution in [0, 0.1) is 105 Å². The van der Waals surface area contributed by atoms with E-state index in [4.69, 9.17) is 35.2 Å². The molecular formula is C104H157N19O18. The second-order valence-electron chi connectivity index (χ2n) is 47.0. The second-order valence-corrected chi connectivity index (χ2v) is 47.0. The van der Waals surface area contributed by atoms with Crippen molar-refractivity contribution < 1.29 is 86.3 Å². The summed E-state index contributed by atoms with van der Waals surface area (Å²) in [7, 11) is 3.03. The zero-order valence-corrected chi connectivity index (χ0v) is 86.6. The molecule has 4 heterocycles. The van der Waals surface area contributed by atoms with E-state index in [0.29, 0.717) is 126 Å². The number of rotatable bonds is 35. The molecule has 37 nitrogen and oxygen atoms in total. The molecule has 16 fully saturated rings. The van der Waals surface area contributed by atoms with Crippen LogP contribution in [0.25, 0.3) is 24.8 Å². The zero-order chi connectivity index (χ0) is 103. The minimum atomic E-state index is -0.724. The highest BCUT2D eigenvalue weighted by Crippen LogP contribution is 2.64. The van der Waals surface area contributed by atoms with E-state index >= 15 is 0 Å². The maximum atomic E-state index is 13.5. The average Bonchev–Trinajstić information content (AvgIpc) is 1.59. The minimum Gasteiger partial charge on any atom is -0.477 e. The number of aromatic nitrogens is 8. The number of carbonyl (C=O) groups is 11. The van der Waals surface area contributed by atoms with Gasteiger partial charge in [-0.15, -0.1) is 0 Å². The van der Waals surface area contributed by atoms with E-state index in [2.05, 4.69) is 86.8 Å². The molecule has 0 spiro atoms. The maximum Gasteiger partial charge on any atom is 0.407 e. The van der Waals surface area contributed by atoms with Gasteiger partial charge in [0, 0.05) is 88.8 Å². The molecule has 16 bridgehead atoms. The molecule has 16 saturated carbocycles. The van der Waals surface area contributed by atoms with Crippen LogP contribution in [0.2, 0.25) is 0 Å². The standard InChI is InChI=1S/C27H41N5O4.C26H39N5O4.C26H40N4O4.C25H37N5O6/c1-16(2)15-36-24-21(14-29-32(24)8-7-26(4,5)31-17(3)33)23(34)30-22-19-9-18-10-20(22)13-27(11-18,12-19)25(35)28-6;1-15(2)14-35-23-20(13-28-31(23)7-6-25(4,5)30-16(3)32)22(33)29-21-18-8-17-9-19(21)12-26(10-17,11-18)24(27)34;1-16(2)14-34-24-21(13-27-30(24)7-6-25(4,5)29-17(3)32)23(33)28-22-19-8-18-9-20(22)12-26(10-18,11-19)15-31;1-14(2)35-21-18(13-27-30(21)7-6-24(3,4)29-23(33)34-5)20(31)28-19-16-8-15-9-17(19)12-25(10-15,11-16)36-22(26)32/h7-8,14,16,18-20,22H,9-13,15H2,1-6H3,(H,28,35)(H,30,34)(H,31,33);6-7,13,15,17-19,21H,8-12,14H2,1-5H3,(H2,27,34)(H,29,33)(H,30,32);6-7,13,16,18-20,22,31H,8-12,14-15H2,1-5H3,(H,28,33)(H,29,32);6-7,13-17,19H,8-12H2,1-5H3,(H2,26,32)(H,28,31)(H,29,33)/b8-7+;3*7-6+. The van der Waals surface area contributed by atoms with E-state index < -0.39 is 39.9 Å². The number of amides is 11. The van der Waals surface area contributed by atoms with Crippen LogP contribution in [0.1, 0.15) is 301 Å². The Labute approximate surface area is 829 Å². The van der Waals surface area contributed by atoms with Crippen LogP contribution in [0.3, 0.4) is 0 Å². The van der Waals surface area contributed by atoms with Gasteiger partial charge in [-0.05, 0) is 316 Å². The van der Waals surface area contributed by atoms with Crippen molar-refractivity contribution in [3.05, 3.63) is 71.3 Å². The molecule has 8 unspecified atom stereocenters. The first-order valence-electron chi connectivity index (χ1n) is 50.9. The lowest BCUT2D eigenvalue weighted by molar-refractivity contribution is -0.148. The molecule has 141 heavy (non-hydrogen) atoms. The molecule has 14 N–H and O–H groups in total. The van der Waals surface area contributed by atoms with E-state index in [0.717, 1.165) is 116 Å². The Hall–Kier alpha value is -11.3. The van der Waals surface area contributed by atoms with Crippen molar-refractivity contribution in [2.75, 3.05) is 40.6 Å². The van der Waals surface area contributed by atoms with Crippen molar-refractivity contribution in [2.24, 2.45) is 116 Å². The van der Waals surface area contributed by atoms with E-state index in [-0.39, 0.29) is 148 Å². The SMILES string of the molecule is CC(=O)NC(C)(C)/C=C/n1ncc(C(=O)NC2C3CC4CC2CC(C(N)=O)(C4)C3)c1OCC(C)C.CC(=O)NC(C)(C)/C=C/n1ncc(C(=O)NC2C3CC4CC2CC(CO)(C4)C3)c1OCC(C)C.CNC(=O)C12CC3CC(C1)C(NC(=O)c1cnn(/C=C/C(C)(C)NC(C)=O)c1OCC(C)C)C(C3)C2.COC(=O)NC(C)(C)/C=C/n1ncc(C(=O)NC2C3CC4CC2CC(OC(N)=O)(C4)C3)c1OC(C)C. The van der Waals surface area contributed by atoms with E-state index in [1.807, 2.05) is 115 Å². The summed E-state index contributed by atoms with van der Waals surface area (Å²) in [6.45, 7) is 37.0. The van der Waals surface area contributed by atoms with Crippen molar-refractivity contribution in [3.8, 4) is 23.5 Å². The monoisotopic (exact) mass is 1960 g/mol. The Kier molecular flexibility index (Phi) is 32.7. The minimum absolute atomic E-state index is 0.00682. The van der Waals surface area contributed by atoms with Gasteiger partial charge in [0.2, 0.25) is 53.1 Å². The fourth-order valence-electron chi connectivity index (χ4n) is 26.3. The summed E-state index contributed by atoms with van der Waals surface area (Å²) in [6, 6.07) is 0.219. The van der Waals surface area contributed by atoms with Gasteiger partial charge in [-0.1, -0.05) is 41.5 Å². The lowest BCUT2D eigenvalue weighted by Gasteiger charge is -2.59. The number of aliphatic hydroxyl groups excluding tert-OH is 1. The fourth-order valence-corrected chi connectivity index (χ4v) is 26.3. The van der Waals surface area contributed by atoms with Gasteiger partial charge in [-0.2, -0.15) is 20.4 Å². The molecular weight excluding hydrogens is 1800 g/mol. The summed E-state index contributed by atoms with van der Waals surface area (Å²) in [5.41, 5.74) is 9.16. The third kappa shape index (κ3) is 25.7. The molecule has 37 heteroatoms. The molecule has 0 saturated heterocycles. The highest BCUT2D eigenvalue weighted by molar-refractivity contribution is 5.99. The Bertz CT molecular complexity index is 5290. The number of nitrogens with zero attached hydrogens (tertiary/aromatic N) is 8. The second kappa shape index (κ2) is 43.1. The number of hydrogen-bond acceptors (Lipinski definition) is 22. The summed E-state index contributed by atoms with van der Waals surface area (Å²) >= 11 is 0. The topological polar surface area (TPSA) is 495 Å². The van der Waals surface area contributed by atoms with Gasteiger partial charge in [0.05, 0.1) is 85.4 Å². The van der Waals surface area contributed by atoms with Gasteiger partial charge in [0.1, 0.15) is 27.9 Å². The number of nitrogens with one attached hydrogen (secondary N) is 9. The molecule has 0 radical (unpaired) electrons. The summed E-state index contributed by atoms with van der Waals surface area (Å²) in [5, 5.41) is 54.9. The maximum absolute atomic E-state index is 13.5. The number of aliphatic hydroxyl groups is 1. The summed E-state index contributed by atoms with van der Waals surface area (Å²) in [6.07, 6.45) is 37.7. The average molecular weight is 1960 g/mol. The Morgan fingerprint density at radius 2 is 0.709 bits per heavy atom. The molecule has 4 aromatic heterocycles. The fraction of sp³-hybridized carbons (Fsp3) is 0.702. The molecule has 11 amide bonds. The van der Waals surface area contributed by atoms with Crippen molar-refractivity contribution in [3.63, 3.8) is 0 Å². The third-order valence-electron chi connectivity index (χ3n) is 30.9. The van der Waals surface area contributed by atoms with Crippen LogP contribution >= 0.6 is 0 Å². The van der Waals surface area contributed by atoms with Crippen LogP contribution in [0.4, 0.5) is 9.59 Å². The van der Waals surface area contributed by atoms with Crippen LogP contribution in [-0.2, 0) is 33.4 Å². The number of carbonyl (C=O) groups excluding carboxylic acids is 11. The predicted molar refractivity (Wildman–Crippen MR) is 531 cm³/mol. The smallest absolute Gasteiger partial charge is 0.407 e. The van der Waals surface area contributed by atoms with Crippen molar-refractivity contribution in [1.29, 1.82) is 0 Å². The van der Waals surface area contributed by atoms with E-state index in [9.17, 15) is 57.8 Å². The molecule has 0 aliphatic heterocycles. The van der Waals surface area contributed by atoms with Gasteiger partial charge in [-0.25, -0.2) is 28.3 Å². The molecule has 4 aromatic rings. The van der Waals surface area contributed by atoms with Crippen molar-refractivity contribution >= 4 is 90.2 Å². The number of primary amides is 2. The number of hydrogen-bond donors (Lipinski definition) is 12. The number of methoxy groups -OCH3 is 1. The van der Waals surface area contributed by atoms with Gasteiger partial charge in [-0.3, -0.25) is 43.2 Å². The first-order chi connectivity index (χ1) is 66.2. The van der Waals surface area contributed by atoms with Gasteiger partial charge in [0.15, 0.2) is 0 Å². The zero-order valence-electron chi connectivity index (χ0n) is 86.6. The lowest BCUT2D eigenvalue weighted by atomic mass is 9.47. The normalized spacial score (nSPS) is 29.4. The number of ether oxygens (including phenoxy) is 6. The third-order valence-corrected chi connectivity index (χ3v) is 30.9. The molecule has 776 valence electrons. The molecule has 8 atom stereocenters. The van der Waals surface area contributed by atoms with Crippen LogP contribution < -0.4 is 78.3 Å². The van der Waals surface area contributed by atoms with Crippen molar-refractivity contribution in [1.82, 2.24) is 87.0 Å². The molecule has 16 aliphatic carbocycles. The van der Waals surface area contributed by atoms with Gasteiger partial charge in [0.25, 0.3) is 23.6 Å². The highest BCUT2D eigenvalue weighted by atomic mass is 16.6. The quantitative estimate of drug-likeness (QED) is 0.0203. The van der Waals surface area contributed by atoms with Crippen molar-refractivity contribution in [2.45, 2.75) is 318 Å². The number of nitrogens with two attached hydrogens (primary N) is 2. The largest absolute Gasteiger partial charge is 0.477 e. The van der Waals surface area contributed by atoms with E-state index in [1.165, 1.54) is 45.0 Å². The summed E-state index contributed by atoms with van der Waals surface area (Å²) in [5.74, 6) is 5.86. The van der Waals surface area contributed by atoms with Crippen LogP contribution in [0.5, 0.6) is 23.5 Å². The van der Waals surface area contributed by atoms with E-state index in [1.54, 1.807) is 64.4 Å². The van der Waals surface area contributed by atoms with Crippen LogP contribution in [0.15, 0.2) is 49.1 Å². The molecule has 20 rings (SSSR count). The first-order valence-corrected chi connectivity index (χ1v) is 50.9. The predicted octanol–water partition coefficient (Wildman–Crippen LogP) is 12.0.